The zero-order chi connectivity index (χ0) is 29.7. The molecule has 0 saturated carbocycles. The molecule has 0 atom stereocenters. The van der Waals surface area contributed by atoms with E-state index >= 15 is 0 Å². The van der Waals surface area contributed by atoms with Gasteiger partial charge in [0.1, 0.15) is 5.52 Å². The second kappa shape index (κ2) is 10.4. The topological polar surface area (TPSA) is 99.4 Å². The van der Waals surface area contributed by atoms with Gasteiger partial charge in [-0.05, 0) is 81.5 Å². The molecule has 9 heteroatoms. The van der Waals surface area contributed by atoms with Crippen LogP contribution in [0.3, 0.4) is 0 Å². The van der Waals surface area contributed by atoms with Crippen LogP contribution in [0, 0.1) is 6.92 Å². The highest BCUT2D eigenvalue weighted by Gasteiger charge is 2.35. The molecule has 41 heavy (non-hydrogen) atoms. The van der Waals surface area contributed by atoms with E-state index in [0.717, 1.165) is 41.4 Å². The number of carboxylic acids is 1. The molecule has 1 aliphatic rings. The number of hydrogen-bond acceptors (Lipinski definition) is 7. The highest BCUT2D eigenvalue weighted by atomic mass is 16.4. The van der Waals surface area contributed by atoms with Gasteiger partial charge in [-0.1, -0.05) is 32.9 Å². The minimum Gasteiger partial charge on any atom is -0.478 e. The minimum atomic E-state index is -0.919. The van der Waals surface area contributed by atoms with Gasteiger partial charge in [0.25, 0.3) is 0 Å². The number of carbonyl (C=O) groups is 1. The Bertz CT molecular complexity index is 1580. The van der Waals surface area contributed by atoms with Crippen molar-refractivity contribution in [1.29, 1.82) is 0 Å². The molecule has 0 aliphatic carbocycles. The molecule has 9 nitrogen and oxygen atoms in total. The smallest absolute Gasteiger partial charge is 0.335 e. The lowest BCUT2D eigenvalue weighted by molar-refractivity contribution is 0.0697. The first kappa shape index (κ1) is 28.4. The van der Waals surface area contributed by atoms with E-state index < -0.39 is 5.97 Å². The van der Waals surface area contributed by atoms with Crippen molar-refractivity contribution in [1.82, 2.24) is 19.5 Å². The van der Waals surface area contributed by atoms with E-state index in [1.165, 1.54) is 5.56 Å². The number of hydrogen-bond donors (Lipinski definition) is 2. The van der Waals surface area contributed by atoms with Crippen LogP contribution in [0.25, 0.3) is 11.2 Å². The number of aromatic nitrogens is 4. The van der Waals surface area contributed by atoms with Gasteiger partial charge in [-0.3, -0.25) is 0 Å². The van der Waals surface area contributed by atoms with Crippen molar-refractivity contribution in [2.24, 2.45) is 0 Å². The Morgan fingerprint density at radius 3 is 2.37 bits per heavy atom. The monoisotopic (exact) mass is 555 g/mol. The number of benzene rings is 2. The van der Waals surface area contributed by atoms with Gasteiger partial charge in [-0.25, -0.2) is 9.78 Å². The lowest BCUT2D eigenvalue weighted by Crippen LogP contribution is -2.60. The number of piperazine rings is 1. The largest absolute Gasteiger partial charge is 0.478 e. The highest BCUT2D eigenvalue weighted by molar-refractivity contribution is 5.88. The van der Waals surface area contributed by atoms with Crippen LogP contribution in [0.4, 0.5) is 23.1 Å². The lowest BCUT2D eigenvalue weighted by atomic mass is 9.86. The Morgan fingerprint density at radius 2 is 1.76 bits per heavy atom. The summed E-state index contributed by atoms with van der Waals surface area (Å²) in [7, 11) is 0. The van der Waals surface area contributed by atoms with Gasteiger partial charge in [-0.15, -0.1) is 0 Å². The molecule has 0 unspecified atom stereocenters. The van der Waals surface area contributed by atoms with Gasteiger partial charge in [0.15, 0.2) is 11.5 Å². The Kier molecular flexibility index (Phi) is 7.17. The van der Waals surface area contributed by atoms with Gasteiger partial charge in [0.2, 0.25) is 5.95 Å². The molecule has 0 amide bonds. The molecule has 2 N–H and O–H groups in total. The maximum Gasteiger partial charge on any atom is 0.335 e. The van der Waals surface area contributed by atoms with Crippen molar-refractivity contribution in [3.05, 3.63) is 65.5 Å². The maximum absolute atomic E-state index is 11.3. The van der Waals surface area contributed by atoms with Crippen molar-refractivity contribution < 1.29 is 9.90 Å². The summed E-state index contributed by atoms with van der Waals surface area (Å²) in [5, 5.41) is 13.0. The highest BCUT2D eigenvalue weighted by Crippen LogP contribution is 2.34. The molecule has 4 aromatic rings. The van der Waals surface area contributed by atoms with E-state index in [2.05, 4.69) is 98.3 Å². The number of aryl methyl sites for hydroxylation is 1. The molecule has 2 aromatic heterocycles. The van der Waals surface area contributed by atoms with Crippen molar-refractivity contribution in [3.63, 3.8) is 0 Å². The van der Waals surface area contributed by atoms with Crippen LogP contribution in [-0.4, -0.2) is 55.8 Å². The number of fused-ring (bicyclic) bond motifs is 1. The van der Waals surface area contributed by atoms with Crippen molar-refractivity contribution >= 4 is 40.3 Å². The summed E-state index contributed by atoms with van der Waals surface area (Å²) in [6.07, 6.45) is 1.85. The third kappa shape index (κ3) is 5.58. The van der Waals surface area contributed by atoms with Gasteiger partial charge in [0.05, 0.1) is 17.4 Å². The standard InChI is InChI=1S/C32H41N7O2/c1-20(2)38-19-33-27-26(38)28(34-25-17-23(31(4,5)6)12-9-21(25)3)36-30(35-27)37-15-16-39(32(7,8)18-37)24-13-10-22(11-14-24)29(40)41/h9-14,17,19-20H,15-16,18H2,1-8H3,(H,40,41)(H,34,35,36). The summed E-state index contributed by atoms with van der Waals surface area (Å²) >= 11 is 0. The second-order valence-electron chi connectivity index (χ2n) is 12.9. The summed E-state index contributed by atoms with van der Waals surface area (Å²) in [6, 6.07) is 13.9. The summed E-state index contributed by atoms with van der Waals surface area (Å²) < 4.78 is 2.12. The summed E-state index contributed by atoms with van der Waals surface area (Å²) in [6.45, 7) is 19.6. The van der Waals surface area contributed by atoms with Crippen LogP contribution < -0.4 is 15.1 Å². The van der Waals surface area contributed by atoms with Crippen LogP contribution in [0.5, 0.6) is 0 Å². The van der Waals surface area contributed by atoms with E-state index in [1.54, 1.807) is 12.1 Å². The Labute approximate surface area is 242 Å². The zero-order valence-corrected chi connectivity index (χ0v) is 25.4. The number of carboxylic acid groups (broad SMARTS) is 1. The fourth-order valence-corrected chi connectivity index (χ4v) is 5.49. The number of rotatable bonds is 6. The third-order valence-electron chi connectivity index (χ3n) is 7.94. The Morgan fingerprint density at radius 1 is 1.05 bits per heavy atom. The maximum atomic E-state index is 11.3. The molecule has 0 bridgehead atoms. The number of imidazole rings is 1. The fourth-order valence-electron chi connectivity index (χ4n) is 5.49. The third-order valence-corrected chi connectivity index (χ3v) is 7.94. The van der Waals surface area contributed by atoms with Gasteiger partial charge >= 0.3 is 5.97 Å². The molecule has 2 aromatic carbocycles. The average Bonchev–Trinajstić information content (AvgIpc) is 3.33. The summed E-state index contributed by atoms with van der Waals surface area (Å²) in [4.78, 5) is 30.6. The van der Waals surface area contributed by atoms with Crippen LogP contribution in [0.1, 0.15) is 76.0 Å². The predicted molar refractivity (Wildman–Crippen MR) is 166 cm³/mol. The molecule has 0 radical (unpaired) electrons. The summed E-state index contributed by atoms with van der Waals surface area (Å²) in [5.74, 6) is 0.472. The number of nitrogens with one attached hydrogen (secondary N) is 1. The molecule has 5 rings (SSSR count). The van der Waals surface area contributed by atoms with Gasteiger partial charge in [-0.2, -0.15) is 9.97 Å². The van der Waals surface area contributed by atoms with E-state index in [1.807, 2.05) is 18.5 Å². The molecule has 216 valence electrons. The number of aromatic carboxylic acids is 1. The van der Waals surface area contributed by atoms with Crippen LogP contribution in [-0.2, 0) is 5.41 Å². The lowest BCUT2D eigenvalue weighted by Gasteiger charge is -2.48. The Balaban J connectivity index is 1.50. The first-order valence-corrected chi connectivity index (χ1v) is 14.2. The van der Waals surface area contributed by atoms with Crippen LogP contribution in [0.2, 0.25) is 0 Å². The molecule has 3 heterocycles. The van der Waals surface area contributed by atoms with Gasteiger partial charge in [0, 0.05) is 37.1 Å². The molecule has 1 aliphatic heterocycles. The van der Waals surface area contributed by atoms with E-state index in [0.29, 0.717) is 18.1 Å². The molecule has 0 spiro atoms. The first-order chi connectivity index (χ1) is 19.2. The fraction of sp³-hybridized carbons (Fsp3) is 0.438. The average molecular weight is 556 g/mol. The van der Waals surface area contributed by atoms with E-state index in [-0.39, 0.29) is 22.6 Å². The first-order valence-electron chi connectivity index (χ1n) is 14.2. The molecule has 1 saturated heterocycles. The van der Waals surface area contributed by atoms with Crippen LogP contribution >= 0.6 is 0 Å². The zero-order valence-electron chi connectivity index (χ0n) is 25.4. The molecular weight excluding hydrogens is 514 g/mol. The van der Waals surface area contributed by atoms with E-state index in [9.17, 15) is 9.90 Å². The number of anilines is 4. The second-order valence-corrected chi connectivity index (χ2v) is 12.9. The van der Waals surface area contributed by atoms with Gasteiger partial charge < -0.3 is 24.8 Å². The minimum absolute atomic E-state index is 0.0230. The van der Waals surface area contributed by atoms with E-state index in [4.69, 9.17) is 9.97 Å². The summed E-state index contributed by atoms with van der Waals surface area (Å²) in [5.41, 5.74) is 6.04. The normalized spacial score (nSPS) is 15.5. The number of nitrogens with zero attached hydrogens (tertiary/aromatic N) is 6. The van der Waals surface area contributed by atoms with Crippen molar-refractivity contribution in [2.45, 2.75) is 72.4 Å². The Hall–Kier alpha value is -4.14. The molecular formula is C32H41N7O2. The quantitative estimate of drug-likeness (QED) is 0.276. The van der Waals surface area contributed by atoms with Crippen molar-refractivity contribution in [3.8, 4) is 0 Å². The SMILES string of the molecule is Cc1ccc(C(C)(C)C)cc1Nc1nc(N2CCN(c3ccc(C(=O)O)cc3)C(C)(C)C2)nc2ncn(C(C)C)c12. The van der Waals surface area contributed by atoms with Crippen molar-refractivity contribution in [2.75, 3.05) is 34.8 Å². The van der Waals surface area contributed by atoms with Crippen LogP contribution in [0.15, 0.2) is 48.8 Å². The predicted octanol–water partition coefficient (Wildman–Crippen LogP) is 6.56. The molecule has 1 fully saturated rings.